The van der Waals surface area contributed by atoms with E-state index in [-0.39, 0.29) is 5.41 Å². The van der Waals surface area contributed by atoms with E-state index >= 15 is 0 Å². The molecule has 1 saturated carbocycles. The number of anilines is 1. The smallest absolute Gasteiger partial charge is 0.225 e. The molecule has 1 saturated heterocycles. The second-order valence-electron chi connectivity index (χ2n) is 6.49. The van der Waals surface area contributed by atoms with Gasteiger partial charge < -0.3 is 9.64 Å². The van der Waals surface area contributed by atoms with Gasteiger partial charge in [-0.05, 0) is 24.8 Å². The highest BCUT2D eigenvalue weighted by molar-refractivity contribution is 5.33. The summed E-state index contributed by atoms with van der Waals surface area (Å²) in [5.41, 5.74) is 0.120. The minimum absolute atomic E-state index is 0.120. The van der Waals surface area contributed by atoms with Crippen LogP contribution in [0.5, 0.6) is 5.88 Å². The summed E-state index contributed by atoms with van der Waals surface area (Å²) in [6.45, 7) is 2.43. The summed E-state index contributed by atoms with van der Waals surface area (Å²) in [4.78, 5) is 14.6. The second-order valence-corrected chi connectivity index (χ2v) is 6.49. The first-order chi connectivity index (χ1) is 11.3. The maximum Gasteiger partial charge on any atom is 0.225 e. The molecule has 0 aromatic carbocycles. The fraction of sp³-hybridized carbons (Fsp3) is 0.471. The molecular formula is C17H19FN4O. The van der Waals surface area contributed by atoms with E-state index in [0.29, 0.717) is 24.4 Å². The Bertz CT molecular complexity index is 666. The van der Waals surface area contributed by atoms with Gasteiger partial charge in [-0.25, -0.2) is 19.3 Å². The van der Waals surface area contributed by atoms with E-state index in [1.807, 2.05) is 18.2 Å². The van der Waals surface area contributed by atoms with E-state index in [1.54, 1.807) is 6.20 Å². The molecule has 2 atom stereocenters. The van der Waals surface area contributed by atoms with Gasteiger partial charge in [-0.3, -0.25) is 0 Å². The van der Waals surface area contributed by atoms with Gasteiger partial charge in [0.05, 0.1) is 19.0 Å². The van der Waals surface area contributed by atoms with Crippen LogP contribution in [0.1, 0.15) is 19.3 Å². The topological polar surface area (TPSA) is 51.1 Å². The van der Waals surface area contributed by atoms with E-state index in [4.69, 9.17) is 4.74 Å². The molecule has 23 heavy (non-hydrogen) atoms. The Morgan fingerprint density at radius 3 is 2.91 bits per heavy atom. The fourth-order valence-corrected chi connectivity index (χ4v) is 3.92. The van der Waals surface area contributed by atoms with Crippen molar-refractivity contribution in [3.8, 4) is 5.88 Å². The number of ether oxygens (including phenoxy) is 1. The van der Waals surface area contributed by atoms with Crippen molar-refractivity contribution in [2.45, 2.75) is 19.3 Å². The number of hydrogen-bond acceptors (Lipinski definition) is 5. The molecule has 120 valence electrons. The first kappa shape index (κ1) is 14.4. The van der Waals surface area contributed by atoms with Gasteiger partial charge >= 0.3 is 0 Å². The molecule has 0 spiro atoms. The van der Waals surface area contributed by atoms with Crippen LogP contribution in [-0.4, -0.2) is 34.6 Å². The van der Waals surface area contributed by atoms with Crippen molar-refractivity contribution in [1.82, 2.24) is 15.0 Å². The zero-order valence-corrected chi connectivity index (χ0v) is 12.9. The molecule has 0 amide bonds. The third-order valence-electron chi connectivity index (χ3n) is 5.07. The Hall–Kier alpha value is -2.24. The first-order valence-electron chi connectivity index (χ1n) is 8.02. The molecule has 2 aromatic rings. The van der Waals surface area contributed by atoms with Crippen LogP contribution in [0.25, 0.3) is 0 Å². The predicted octanol–water partition coefficient (Wildman–Crippen LogP) is 2.70. The minimum atomic E-state index is -0.402. The highest BCUT2D eigenvalue weighted by Crippen LogP contribution is 2.49. The van der Waals surface area contributed by atoms with Gasteiger partial charge in [0.1, 0.15) is 0 Å². The van der Waals surface area contributed by atoms with Gasteiger partial charge in [0, 0.05) is 30.8 Å². The lowest BCUT2D eigenvalue weighted by atomic mass is 9.82. The molecule has 2 aromatic heterocycles. The van der Waals surface area contributed by atoms with Crippen LogP contribution in [0.4, 0.5) is 10.3 Å². The summed E-state index contributed by atoms with van der Waals surface area (Å²) in [6, 6.07) is 5.70. The van der Waals surface area contributed by atoms with Gasteiger partial charge in [-0.1, -0.05) is 12.5 Å². The molecule has 0 radical (unpaired) electrons. The maximum absolute atomic E-state index is 13.0. The average Bonchev–Trinajstić information content (AvgIpc) is 3.12. The van der Waals surface area contributed by atoms with Gasteiger partial charge in [0.15, 0.2) is 5.82 Å². The Balaban J connectivity index is 1.49. The van der Waals surface area contributed by atoms with E-state index in [1.165, 1.54) is 25.2 Å². The number of rotatable bonds is 4. The van der Waals surface area contributed by atoms with E-state index < -0.39 is 5.82 Å². The molecule has 2 aliphatic rings. The van der Waals surface area contributed by atoms with E-state index in [2.05, 4.69) is 19.9 Å². The third-order valence-corrected chi connectivity index (χ3v) is 5.07. The van der Waals surface area contributed by atoms with Crippen LogP contribution in [-0.2, 0) is 0 Å². The van der Waals surface area contributed by atoms with Crippen molar-refractivity contribution in [2.75, 3.05) is 24.6 Å². The van der Waals surface area contributed by atoms with Crippen LogP contribution < -0.4 is 9.64 Å². The molecule has 2 fully saturated rings. The Morgan fingerprint density at radius 2 is 2.13 bits per heavy atom. The standard InChI is InChI=1S/C17H19FN4O/c18-14-8-20-16(21-9-14)22-10-13-4-3-6-17(13,11-22)12-23-15-5-1-2-7-19-15/h1-2,5,7-9,13H,3-4,6,10-12H2/t13-,17+/m0/s1. The molecule has 3 heterocycles. The summed E-state index contributed by atoms with van der Waals surface area (Å²) in [5.74, 6) is 1.45. The number of fused-ring (bicyclic) bond motifs is 1. The highest BCUT2D eigenvalue weighted by Gasteiger charge is 2.50. The van der Waals surface area contributed by atoms with Gasteiger partial charge in [-0.2, -0.15) is 0 Å². The van der Waals surface area contributed by atoms with E-state index in [9.17, 15) is 4.39 Å². The van der Waals surface area contributed by atoms with Crippen LogP contribution >= 0.6 is 0 Å². The van der Waals surface area contributed by atoms with E-state index in [0.717, 1.165) is 19.5 Å². The summed E-state index contributed by atoms with van der Waals surface area (Å²) < 4.78 is 19.0. The van der Waals surface area contributed by atoms with Gasteiger partial charge in [-0.15, -0.1) is 0 Å². The molecule has 5 nitrogen and oxygen atoms in total. The molecule has 4 rings (SSSR count). The van der Waals surface area contributed by atoms with Crippen molar-refractivity contribution >= 4 is 5.95 Å². The van der Waals surface area contributed by atoms with Crippen molar-refractivity contribution in [3.63, 3.8) is 0 Å². The lowest BCUT2D eigenvalue weighted by molar-refractivity contribution is 0.134. The third kappa shape index (κ3) is 2.73. The number of pyridine rings is 1. The predicted molar refractivity (Wildman–Crippen MR) is 83.7 cm³/mol. The SMILES string of the molecule is Fc1cnc(N2C[C@@H]3CCC[C@]3(COc3ccccn3)C2)nc1. The molecule has 0 N–H and O–H groups in total. The van der Waals surface area contributed by atoms with Crippen molar-refractivity contribution < 1.29 is 9.13 Å². The van der Waals surface area contributed by atoms with Crippen molar-refractivity contribution in [1.29, 1.82) is 0 Å². The summed E-state index contributed by atoms with van der Waals surface area (Å²) >= 11 is 0. The Kier molecular flexibility index (Phi) is 3.59. The average molecular weight is 314 g/mol. The van der Waals surface area contributed by atoms with Crippen LogP contribution in [0.15, 0.2) is 36.8 Å². The maximum atomic E-state index is 13.0. The molecular weight excluding hydrogens is 295 g/mol. The molecule has 1 aliphatic heterocycles. The van der Waals surface area contributed by atoms with Crippen LogP contribution in [0.2, 0.25) is 0 Å². The Morgan fingerprint density at radius 1 is 1.26 bits per heavy atom. The number of nitrogens with zero attached hydrogens (tertiary/aromatic N) is 4. The zero-order valence-electron chi connectivity index (χ0n) is 12.9. The minimum Gasteiger partial charge on any atom is -0.477 e. The quantitative estimate of drug-likeness (QED) is 0.868. The first-order valence-corrected chi connectivity index (χ1v) is 8.02. The van der Waals surface area contributed by atoms with Crippen LogP contribution in [0.3, 0.4) is 0 Å². The zero-order chi connectivity index (χ0) is 15.7. The lowest BCUT2D eigenvalue weighted by Crippen LogP contribution is -2.34. The monoisotopic (exact) mass is 314 g/mol. The largest absolute Gasteiger partial charge is 0.477 e. The fourth-order valence-electron chi connectivity index (χ4n) is 3.92. The molecule has 6 heteroatoms. The van der Waals surface area contributed by atoms with Crippen molar-refractivity contribution in [3.05, 3.63) is 42.6 Å². The molecule has 0 unspecified atom stereocenters. The van der Waals surface area contributed by atoms with Gasteiger partial charge in [0.2, 0.25) is 11.8 Å². The number of hydrogen-bond donors (Lipinski definition) is 0. The molecule has 0 bridgehead atoms. The number of aromatic nitrogens is 3. The normalized spacial score (nSPS) is 26.3. The summed E-state index contributed by atoms with van der Waals surface area (Å²) in [7, 11) is 0. The van der Waals surface area contributed by atoms with Crippen molar-refractivity contribution in [2.24, 2.45) is 11.3 Å². The van der Waals surface area contributed by atoms with Crippen LogP contribution in [0, 0.1) is 17.2 Å². The Labute approximate surface area is 134 Å². The summed E-state index contributed by atoms with van der Waals surface area (Å²) in [6.07, 6.45) is 7.77. The van der Waals surface area contributed by atoms with Gasteiger partial charge in [0.25, 0.3) is 0 Å². The highest BCUT2D eigenvalue weighted by atomic mass is 19.1. The molecule has 1 aliphatic carbocycles. The second kappa shape index (κ2) is 5.76. The summed E-state index contributed by atoms with van der Waals surface area (Å²) in [5, 5.41) is 0. The number of halogens is 1. The lowest BCUT2D eigenvalue weighted by Gasteiger charge is -2.28.